The SMILES string of the molecule is COc1cc(Br)c(Cl)c2c1N(C(=O)OCc1ccccc1)C(c1cccc(Cl)c1)CC2. The summed E-state index contributed by atoms with van der Waals surface area (Å²) in [6.07, 6.45) is 0.892. The zero-order chi connectivity index (χ0) is 22.0. The van der Waals surface area contributed by atoms with E-state index in [0.717, 1.165) is 21.2 Å². The van der Waals surface area contributed by atoms with Gasteiger partial charge >= 0.3 is 6.09 Å². The van der Waals surface area contributed by atoms with Crippen LogP contribution in [0.1, 0.15) is 29.2 Å². The fourth-order valence-electron chi connectivity index (χ4n) is 3.89. The smallest absolute Gasteiger partial charge is 0.415 e. The Hall–Kier alpha value is -2.21. The molecule has 1 atom stereocenters. The number of fused-ring (bicyclic) bond motifs is 1. The number of rotatable bonds is 4. The second kappa shape index (κ2) is 9.51. The summed E-state index contributed by atoms with van der Waals surface area (Å²) >= 11 is 16.3. The van der Waals surface area contributed by atoms with E-state index in [1.807, 2.05) is 54.6 Å². The van der Waals surface area contributed by atoms with E-state index < -0.39 is 6.09 Å². The van der Waals surface area contributed by atoms with Gasteiger partial charge in [0.2, 0.25) is 0 Å². The third-order valence-electron chi connectivity index (χ3n) is 5.33. The van der Waals surface area contributed by atoms with Gasteiger partial charge in [0.15, 0.2) is 0 Å². The minimum absolute atomic E-state index is 0.167. The molecule has 160 valence electrons. The van der Waals surface area contributed by atoms with Crippen LogP contribution in [-0.2, 0) is 17.8 Å². The van der Waals surface area contributed by atoms with Crippen LogP contribution in [0, 0.1) is 0 Å². The first-order chi connectivity index (χ1) is 15.0. The second-order valence-electron chi connectivity index (χ2n) is 7.22. The molecule has 0 N–H and O–H groups in total. The fraction of sp³-hybridized carbons (Fsp3) is 0.208. The molecule has 0 radical (unpaired) electrons. The zero-order valence-corrected chi connectivity index (χ0v) is 19.9. The molecule has 4 rings (SSSR count). The standard InChI is InChI=1S/C24H20BrCl2NO3/c1-30-21-13-19(25)22(27)18-10-11-20(16-8-5-9-17(26)12-16)28(23(18)21)24(29)31-14-15-6-3-2-4-7-15/h2-9,12-13,20H,10-11,14H2,1H3. The van der Waals surface area contributed by atoms with E-state index in [4.69, 9.17) is 32.7 Å². The Morgan fingerprint density at radius 3 is 2.61 bits per heavy atom. The number of ether oxygens (including phenoxy) is 2. The Kier molecular flexibility index (Phi) is 6.75. The lowest BCUT2D eigenvalue weighted by atomic mass is 9.91. The predicted molar refractivity (Wildman–Crippen MR) is 127 cm³/mol. The van der Waals surface area contributed by atoms with E-state index in [0.29, 0.717) is 34.3 Å². The highest BCUT2D eigenvalue weighted by atomic mass is 79.9. The fourth-order valence-corrected chi connectivity index (χ4v) is 4.78. The quantitative estimate of drug-likeness (QED) is 0.355. The predicted octanol–water partition coefficient (Wildman–Crippen LogP) is 7.60. The summed E-state index contributed by atoms with van der Waals surface area (Å²) in [7, 11) is 1.58. The average Bonchev–Trinajstić information content (AvgIpc) is 2.79. The normalized spacial score (nSPS) is 15.4. The van der Waals surface area contributed by atoms with Gasteiger partial charge in [0.1, 0.15) is 12.4 Å². The summed E-state index contributed by atoms with van der Waals surface area (Å²) < 4.78 is 12.1. The van der Waals surface area contributed by atoms with Crippen molar-refractivity contribution in [2.24, 2.45) is 0 Å². The summed E-state index contributed by atoms with van der Waals surface area (Å²) in [6, 6.07) is 18.6. The van der Waals surface area contributed by atoms with Crippen molar-refractivity contribution in [1.82, 2.24) is 0 Å². The van der Waals surface area contributed by atoms with Crippen LogP contribution in [0.5, 0.6) is 5.75 Å². The molecule has 4 nitrogen and oxygen atoms in total. The number of hydrogen-bond acceptors (Lipinski definition) is 3. The first kappa shape index (κ1) is 22.0. The lowest BCUT2D eigenvalue weighted by Gasteiger charge is -2.38. The summed E-state index contributed by atoms with van der Waals surface area (Å²) in [5.41, 5.74) is 3.32. The van der Waals surface area contributed by atoms with Crippen molar-refractivity contribution in [2.45, 2.75) is 25.5 Å². The van der Waals surface area contributed by atoms with Crippen molar-refractivity contribution in [3.63, 3.8) is 0 Å². The largest absolute Gasteiger partial charge is 0.495 e. The van der Waals surface area contributed by atoms with Gasteiger partial charge in [0.25, 0.3) is 0 Å². The van der Waals surface area contributed by atoms with Crippen molar-refractivity contribution in [2.75, 3.05) is 12.0 Å². The molecule has 0 bridgehead atoms. The lowest BCUT2D eigenvalue weighted by molar-refractivity contribution is 0.143. The van der Waals surface area contributed by atoms with Crippen LogP contribution in [0.15, 0.2) is 65.1 Å². The van der Waals surface area contributed by atoms with Gasteiger partial charge in [-0.2, -0.15) is 0 Å². The molecule has 0 saturated heterocycles. The van der Waals surface area contributed by atoms with Crippen LogP contribution < -0.4 is 9.64 Å². The van der Waals surface area contributed by atoms with Crippen molar-refractivity contribution in [3.05, 3.63) is 91.9 Å². The molecule has 0 aliphatic carbocycles. The Bertz CT molecular complexity index is 1110. The van der Waals surface area contributed by atoms with Crippen LogP contribution in [-0.4, -0.2) is 13.2 Å². The molecule has 0 fully saturated rings. The third kappa shape index (κ3) is 4.54. The molecule has 3 aromatic carbocycles. The monoisotopic (exact) mass is 519 g/mol. The highest BCUT2D eigenvalue weighted by Gasteiger charge is 2.37. The summed E-state index contributed by atoms with van der Waals surface area (Å²) in [6.45, 7) is 0.167. The maximum atomic E-state index is 13.4. The number of benzene rings is 3. The van der Waals surface area contributed by atoms with Gasteiger partial charge in [-0.15, -0.1) is 0 Å². The molecule has 31 heavy (non-hydrogen) atoms. The molecule has 7 heteroatoms. The molecule has 0 saturated carbocycles. The number of halogens is 3. The number of amides is 1. The van der Waals surface area contributed by atoms with Crippen LogP contribution in [0.3, 0.4) is 0 Å². The number of methoxy groups -OCH3 is 1. The first-order valence-electron chi connectivity index (χ1n) is 9.80. The number of carbonyl (C=O) groups excluding carboxylic acids is 1. The zero-order valence-electron chi connectivity index (χ0n) is 16.8. The topological polar surface area (TPSA) is 38.8 Å². The first-order valence-corrected chi connectivity index (χ1v) is 11.3. The maximum Gasteiger partial charge on any atom is 0.415 e. The average molecular weight is 521 g/mol. The Labute approximate surface area is 199 Å². The van der Waals surface area contributed by atoms with Gasteiger partial charge in [-0.05, 0) is 63.7 Å². The van der Waals surface area contributed by atoms with Gasteiger partial charge in [0.05, 0.1) is 23.9 Å². The molecule has 1 unspecified atom stereocenters. The molecule has 3 aromatic rings. The van der Waals surface area contributed by atoms with Crippen molar-refractivity contribution in [3.8, 4) is 5.75 Å². The van der Waals surface area contributed by atoms with Gasteiger partial charge in [-0.1, -0.05) is 65.7 Å². The lowest BCUT2D eigenvalue weighted by Crippen LogP contribution is -2.39. The number of carbonyl (C=O) groups is 1. The molecule has 1 aliphatic rings. The Morgan fingerprint density at radius 2 is 1.90 bits per heavy atom. The maximum absolute atomic E-state index is 13.4. The molecule has 1 amide bonds. The Morgan fingerprint density at radius 1 is 1.13 bits per heavy atom. The summed E-state index contributed by atoms with van der Waals surface area (Å²) in [4.78, 5) is 15.1. The van der Waals surface area contributed by atoms with Crippen molar-refractivity contribution in [1.29, 1.82) is 0 Å². The highest BCUT2D eigenvalue weighted by Crippen LogP contribution is 2.49. The molecular weight excluding hydrogens is 501 g/mol. The number of anilines is 1. The van der Waals surface area contributed by atoms with Crippen molar-refractivity contribution < 1.29 is 14.3 Å². The van der Waals surface area contributed by atoms with Gasteiger partial charge < -0.3 is 9.47 Å². The number of nitrogens with zero attached hydrogens (tertiary/aromatic N) is 1. The van der Waals surface area contributed by atoms with Gasteiger partial charge in [0, 0.05) is 9.50 Å². The van der Waals surface area contributed by atoms with E-state index in [2.05, 4.69) is 15.9 Å². The van der Waals surface area contributed by atoms with Gasteiger partial charge in [-0.3, -0.25) is 4.90 Å². The molecule has 1 heterocycles. The molecule has 1 aliphatic heterocycles. The van der Waals surface area contributed by atoms with Gasteiger partial charge in [-0.25, -0.2) is 4.79 Å². The second-order valence-corrected chi connectivity index (χ2v) is 8.89. The minimum atomic E-state index is -0.466. The van der Waals surface area contributed by atoms with Crippen molar-refractivity contribution >= 4 is 50.9 Å². The Balaban J connectivity index is 1.77. The van der Waals surface area contributed by atoms with E-state index >= 15 is 0 Å². The van der Waals surface area contributed by atoms with Crippen LogP contribution >= 0.6 is 39.1 Å². The molecular formula is C24H20BrCl2NO3. The van der Waals surface area contributed by atoms with E-state index in [1.165, 1.54) is 0 Å². The summed E-state index contributed by atoms with van der Waals surface area (Å²) in [5.74, 6) is 0.551. The minimum Gasteiger partial charge on any atom is -0.495 e. The van der Waals surface area contributed by atoms with Crippen LogP contribution in [0.2, 0.25) is 10.0 Å². The highest BCUT2D eigenvalue weighted by molar-refractivity contribution is 9.10. The molecule has 0 spiro atoms. The van der Waals surface area contributed by atoms with Crippen LogP contribution in [0.25, 0.3) is 0 Å². The van der Waals surface area contributed by atoms with Crippen LogP contribution in [0.4, 0.5) is 10.5 Å². The van der Waals surface area contributed by atoms with E-state index in [-0.39, 0.29) is 12.6 Å². The third-order valence-corrected chi connectivity index (χ3v) is 6.85. The van der Waals surface area contributed by atoms with E-state index in [9.17, 15) is 4.79 Å². The van der Waals surface area contributed by atoms with E-state index in [1.54, 1.807) is 18.1 Å². The molecule has 0 aromatic heterocycles. The summed E-state index contributed by atoms with van der Waals surface area (Å²) in [5, 5.41) is 1.18. The number of hydrogen-bond donors (Lipinski definition) is 0.